The fourth-order valence-electron chi connectivity index (χ4n) is 2.33. The van der Waals surface area contributed by atoms with Crippen molar-refractivity contribution in [2.45, 2.75) is 31.7 Å². The molecule has 1 heterocycles. The normalized spacial score (nSPS) is 23.7. The van der Waals surface area contributed by atoms with E-state index in [1.54, 1.807) is 0 Å². The number of nitrogens with two attached hydrogens (primary N) is 1. The summed E-state index contributed by atoms with van der Waals surface area (Å²) in [6, 6.07) is 0.518. The van der Waals surface area contributed by atoms with Gasteiger partial charge in [0.05, 0.1) is 7.11 Å². The van der Waals surface area contributed by atoms with Gasteiger partial charge in [-0.1, -0.05) is 12.8 Å². The average molecular weight is 272 g/mol. The monoisotopic (exact) mass is 271 g/mol. The summed E-state index contributed by atoms with van der Waals surface area (Å²) in [5, 5.41) is 3.42. The lowest BCUT2D eigenvalue weighted by Gasteiger charge is -2.31. The first-order valence-corrected chi connectivity index (χ1v) is 6.53. The van der Waals surface area contributed by atoms with Crippen molar-refractivity contribution in [3.63, 3.8) is 0 Å². The molecule has 0 aromatic carbocycles. The summed E-state index contributed by atoms with van der Waals surface area (Å²) in [4.78, 5) is 12.0. The second kappa shape index (κ2) is 6.15. The third-order valence-electron chi connectivity index (χ3n) is 3.30. The molecule has 7 heteroatoms. The maximum atomic E-state index is 5.81. The van der Waals surface area contributed by atoms with Crippen LogP contribution in [0.1, 0.15) is 25.7 Å². The van der Waals surface area contributed by atoms with Crippen molar-refractivity contribution in [3.8, 4) is 6.01 Å². The van der Waals surface area contributed by atoms with E-state index in [1.165, 1.54) is 20.0 Å². The Balaban J connectivity index is 2.09. The van der Waals surface area contributed by atoms with E-state index in [2.05, 4.69) is 20.3 Å². The quantitative estimate of drug-likeness (QED) is 0.862. The molecule has 0 spiro atoms. The molecule has 100 valence electrons. The van der Waals surface area contributed by atoms with Crippen LogP contribution >= 0.6 is 11.6 Å². The maximum absolute atomic E-state index is 5.81. The van der Waals surface area contributed by atoms with Crippen molar-refractivity contribution < 1.29 is 4.74 Å². The van der Waals surface area contributed by atoms with E-state index >= 15 is 0 Å². The minimum atomic E-state index is 0.129. The molecule has 0 amide bonds. The standard InChI is InChI=1S/C11H18ClN5O/c1-18-11-16-9(12)15-10(17-11)14-8-5-3-2-4-7(8)6-13/h7-8H,2-6,13H2,1H3,(H,14,15,16,17). The Morgan fingerprint density at radius 1 is 1.33 bits per heavy atom. The fourth-order valence-corrected chi connectivity index (χ4v) is 2.49. The van der Waals surface area contributed by atoms with E-state index in [0.717, 1.165) is 12.8 Å². The molecule has 0 radical (unpaired) electrons. The van der Waals surface area contributed by atoms with Gasteiger partial charge in [-0.2, -0.15) is 15.0 Å². The van der Waals surface area contributed by atoms with Gasteiger partial charge >= 0.3 is 6.01 Å². The topological polar surface area (TPSA) is 86.0 Å². The van der Waals surface area contributed by atoms with Gasteiger partial charge < -0.3 is 15.8 Å². The number of rotatable bonds is 4. The molecule has 2 atom stereocenters. The number of hydrogen-bond donors (Lipinski definition) is 2. The van der Waals surface area contributed by atoms with Gasteiger partial charge in [-0.15, -0.1) is 0 Å². The lowest BCUT2D eigenvalue weighted by molar-refractivity contribution is 0.330. The SMILES string of the molecule is COc1nc(Cl)nc(NC2CCCCC2CN)n1. The summed E-state index contributed by atoms with van der Waals surface area (Å²) < 4.78 is 4.97. The van der Waals surface area contributed by atoms with Gasteiger partial charge in [0.25, 0.3) is 0 Å². The Morgan fingerprint density at radius 3 is 2.83 bits per heavy atom. The Hall–Kier alpha value is -1.14. The van der Waals surface area contributed by atoms with Gasteiger partial charge in [0.2, 0.25) is 11.2 Å². The third-order valence-corrected chi connectivity index (χ3v) is 3.47. The van der Waals surface area contributed by atoms with Crippen molar-refractivity contribution in [1.29, 1.82) is 0 Å². The lowest BCUT2D eigenvalue weighted by atomic mass is 9.84. The highest BCUT2D eigenvalue weighted by molar-refractivity contribution is 6.28. The zero-order chi connectivity index (χ0) is 13.0. The van der Waals surface area contributed by atoms with E-state index in [0.29, 0.717) is 24.5 Å². The van der Waals surface area contributed by atoms with E-state index < -0.39 is 0 Å². The van der Waals surface area contributed by atoms with Gasteiger partial charge in [0, 0.05) is 6.04 Å². The molecule has 18 heavy (non-hydrogen) atoms. The van der Waals surface area contributed by atoms with Crippen LogP contribution in [-0.4, -0.2) is 34.6 Å². The van der Waals surface area contributed by atoms with Crippen LogP contribution in [0, 0.1) is 5.92 Å². The molecule has 1 fully saturated rings. The molecular weight excluding hydrogens is 254 g/mol. The highest BCUT2D eigenvalue weighted by Gasteiger charge is 2.24. The van der Waals surface area contributed by atoms with E-state index in [1.807, 2.05) is 0 Å². The first-order valence-electron chi connectivity index (χ1n) is 6.15. The zero-order valence-electron chi connectivity index (χ0n) is 10.4. The van der Waals surface area contributed by atoms with Gasteiger partial charge in [0.15, 0.2) is 0 Å². The number of hydrogen-bond acceptors (Lipinski definition) is 6. The summed E-state index contributed by atoms with van der Waals surface area (Å²) in [5.74, 6) is 0.914. The number of halogens is 1. The highest BCUT2D eigenvalue weighted by Crippen LogP contribution is 2.26. The smallest absolute Gasteiger partial charge is 0.322 e. The van der Waals surface area contributed by atoms with Crippen molar-refractivity contribution in [2.24, 2.45) is 11.7 Å². The van der Waals surface area contributed by atoms with Crippen LogP contribution in [0.4, 0.5) is 5.95 Å². The Labute approximate surface area is 111 Å². The van der Waals surface area contributed by atoms with Crippen LogP contribution in [0.2, 0.25) is 5.28 Å². The summed E-state index contributed by atoms with van der Waals surface area (Å²) in [6.45, 7) is 0.674. The molecule has 2 rings (SSSR count). The number of nitrogens with one attached hydrogen (secondary N) is 1. The van der Waals surface area contributed by atoms with Crippen LogP contribution in [-0.2, 0) is 0 Å². The van der Waals surface area contributed by atoms with Crippen molar-refractivity contribution in [3.05, 3.63) is 5.28 Å². The molecule has 6 nitrogen and oxygen atoms in total. The Bertz CT molecular complexity index is 403. The highest BCUT2D eigenvalue weighted by atomic mass is 35.5. The summed E-state index contributed by atoms with van der Waals surface area (Å²) in [5.41, 5.74) is 5.79. The average Bonchev–Trinajstić information content (AvgIpc) is 2.38. The van der Waals surface area contributed by atoms with Crippen molar-refractivity contribution in [1.82, 2.24) is 15.0 Å². The molecule has 2 unspecified atom stereocenters. The van der Waals surface area contributed by atoms with Crippen LogP contribution in [0.15, 0.2) is 0 Å². The molecule has 0 aliphatic heterocycles. The van der Waals surface area contributed by atoms with E-state index in [4.69, 9.17) is 22.1 Å². The second-order valence-corrected chi connectivity index (χ2v) is 4.78. The number of aromatic nitrogens is 3. The zero-order valence-corrected chi connectivity index (χ0v) is 11.2. The number of anilines is 1. The molecule has 1 saturated carbocycles. The van der Waals surface area contributed by atoms with E-state index in [9.17, 15) is 0 Å². The van der Waals surface area contributed by atoms with Crippen molar-refractivity contribution in [2.75, 3.05) is 19.0 Å². The minimum absolute atomic E-state index is 0.129. The largest absolute Gasteiger partial charge is 0.467 e. The number of nitrogens with zero attached hydrogens (tertiary/aromatic N) is 3. The number of methoxy groups -OCH3 is 1. The van der Waals surface area contributed by atoms with Crippen LogP contribution in [0.25, 0.3) is 0 Å². The minimum Gasteiger partial charge on any atom is -0.467 e. The number of ether oxygens (including phenoxy) is 1. The summed E-state index contributed by atoms with van der Waals surface area (Å²) >= 11 is 5.81. The van der Waals surface area contributed by atoms with E-state index in [-0.39, 0.29) is 11.3 Å². The molecule has 1 aromatic rings. The summed E-state index contributed by atoms with van der Waals surface area (Å²) in [6.07, 6.45) is 4.66. The molecule has 1 aliphatic rings. The van der Waals surface area contributed by atoms with Gasteiger partial charge in [-0.05, 0) is 36.9 Å². The molecule has 0 saturated heterocycles. The first-order chi connectivity index (χ1) is 8.72. The molecule has 3 N–H and O–H groups in total. The first kappa shape index (κ1) is 13.3. The van der Waals surface area contributed by atoms with Crippen molar-refractivity contribution >= 4 is 17.5 Å². The van der Waals surface area contributed by atoms with Gasteiger partial charge in [0.1, 0.15) is 0 Å². The van der Waals surface area contributed by atoms with Crippen LogP contribution in [0.3, 0.4) is 0 Å². The molecule has 0 bridgehead atoms. The lowest BCUT2D eigenvalue weighted by Crippen LogP contribution is -2.37. The van der Waals surface area contributed by atoms with Crippen LogP contribution < -0.4 is 15.8 Å². The predicted molar refractivity (Wildman–Crippen MR) is 69.8 cm³/mol. The van der Waals surface area contributed by atoms with Gasteiger partial charge in [-0.3, -0.25) is 0 Å². The summed E-state index contributed by atoms with van der Waals surface area (Å²) in [7, 11) is 1.50. The maximum Gasteiger partial charge on any atom is 0.322 e. The molecular formula is C11H18ClN5O. The Kier molecular flexibility index (Phi) is 4.54. The third kappa shape index (κ3) is 3.20. The second-order valence-electron chi connectivity index (χ2n) is 4.45. The Morgan fingerprint density at radius 2 is 2.11 bits per heavy atom. The predicted octanol–water partition coefficient (Wildman–Crippen LogP) is 1.46. The van der Waals surface area contributed by atoms with Crippen LogP contribution in [0.5, 0.6) is 6.01 Å². The molecule has 1 aromatic heterocycles. The van der Waals surface area contributed by atoms with Gasteiger partial charge in [-0.25, -0.2) is 0 Å². The fraction of sp³-hybridized carbons (Fsp3) is 0.727. The molecule has 1 aliphatic carbocycles.